The van der Waals surface area contributed by atoms with E-state index in [0.29, 0.717) is 23.2 Å². The fourth-order valence-electron chi connectivity index (χ4n) is 5.27. The molecule has 3 aromatic carbocycles. The highest BCUT2D eigenvalue weighted by Crippen LogP contribution is 2.35. The zero-order chi connectivity index (χ0) is 32.8. The van der Waals surface area contributed by atoms with Crippen LogP contribution in [0.2, 0.25) is 5.02 Å². The van der Waals surface area contributed by atoms with Crippen molar-refractivity contribution >= 4 is 29.9 Å². The minimum absolute atomic E-state index is 0.0412. The van der Waals surface area contributed by atoms with Gasteiger partial charge in [-0.2, -0.15) is 5.26 Å². The molecule has 0 bridgehead atoms. The Bertz CT molecular complexity index is 1870. The largest absolute Gasteiger partial charge is 0.488 e. The molecule has 1 aliphatic heterocycles. The molecule has 1 aliphatic rings. The Labute approximate surface area is 270 Å². The second-order valence-electron chi connectivity index (χ2n) is 11.0. The lowest BCUT2D eigenvalue weighted by Gasteiger charge is -2.17. The number of hydrogen-bond donors (Lipinski definition) is 0. The first-order chi connectivity index (χ1) is 22.1. The molecule has 0 spiro atoms. The summed E-state index contributed by atoms with van der Waals surface area (Å²) in [5.74, 6) is -2.66. The van der Waals surface area contributed by atoms with Crippen LogP contribution >= 0.6 is 11.6 Å². The Morgan fingerprint density at radius 1 is 1.02 bits per heavy atom. The number of carbonyl (C=O) groups excluding carboxylic acids is 2. The summed E-state index contributed by atoms with van der Waals surface area (Å²) in [5, 5.41) is 9.37. The van der Waals surface area contributed by atoms with Gasteiger partial charge in [0.2, 0.25) is 5.91 Å². The summed E-state index contributed by atoms with van der Waals surface area (Å²) in [6.07, 6.45) is 6.38. The van der Waals surface area contributed by atoms with Gasteiger partial charge < -0.3 is 14.4 Å². The van der Waals surface area contributed by atoms with Gasteiger partial charge in [0.1, 0.15) is 30.8 Å². The molecule has 46 heavy (non-hydrogen) atoms. The minimum atomic E-state index is -2.84. The van der Waals surface area contributed by atoms with Gasteiger partial charge >= 0.3 is 0 Å². The Kier molecular flexibility index (Phi) is 9.78. The Hall–Kier alpha value is -5.07. The molecule has 0 unspecified atom stereocenters. The number of hydrogen-bond acceptors (Lipinski definition) is 6. The number of ether oxygens (including phenoxy) is 2. The molecule has 234 valence electrons. The number of nitrogens with zero attached hydrogens (tertiary/aromatic N) is 3. The number of benzene rings is 3. The summed E-state index contributed by atoms with van der Waals surface area (Å²) in [6.45, 7) is 3.69. The maximum Gasteiger partial charge on any atom is 0.267 e. The van der Waals surface area contributed by atoms with E-state index in [-0.39, 0.29) is 42.5 Å². The molecule has 1 saturated heterocycles. The quantitative estimate of drug-likeness (QED) is 0.130. The molecule has 2 heterocycles. The summed E-state index contributed by atoms with van der Waals surface area (Å²) < 4.78 is 39.1. The van der Waals surface area contributed by atoms with Gasteiger partial charge in [-0.1, -0.05) is 48.0 Å². The first-order valence-electron chi connectivity index (χ1n) is 14.5. The lowest BCUT2D eigenvalue weighted by atomic mass is 9.91. The Morgan fingerprint density at radius 3 is 2.48 bits per heavy atom. The molecule has 0 aliphatic carbocycles. The lowest BCUT2D eigenvalue weighted by Crippen LogP contribution is -2.29. The summed E-state index contributed by atoms with van der Waals surface area (Å²) in [7, 11) is 0. The molecule has 7 nitrogen and oxygen atoms in total. The van der Waals surface area contributed by atoms with Crippen molar-refractivity contribution in [3.63, 3.8) is 0 Å². The van der Waals surface area contributed by atoms with E-state index in [0.717, 1.165) is 33.4 Å². The summed E-state index contributed by atoms with van der Waals surface area (Å²) >= 11 is 6.46. The molecular weight excluding hydrogens is 612 g/mol. The van der Waals surface area contributed by atoms with Crippen molar-refractivity contribution in [1.82, 2.24) is 9.88 Å². The molecule has 0 saturated carbocycles. The van der Waals surface area contributed by atoms with Crippen LogP contribution in [0.5, 0.6) is 11.5 Å². The average molecular weight is 642 g/mol. The smallest absolute Gasteiger partial charge is 0.267 e. The predicted molar refractivity (Wildman–Crippen MR) is 171 cm³/mol. The Balaban J connectivity index is 1.32. The first kappa shape index (κ1) is 32.3. The molecule has 1 amide bonds. The molecular formula is C36H30ClF2N3O4. The van der Waals surface area contributed by atoms with Crippen LogP contribution in [0.3, 0.4) is 0 Å². The van der Waals surface area contributed by atoms with Crippen molar-refractivity contribution in [1.29, 1.82) is 5.26 Å². The zero-order valence-electron chi connectivity index (χ0n) is 25.2. The van der Waals surface area contributed by atoms with Crippen molar-refractivity contribution in [2.24, 2.45) is 0 Å². The van der Waals surface area contributed by atoms with E-state index in [4.69, 9.17) is 26.3 Å². The maximum absolute atomic E-state index is 13.6. The normalized spacial score (nSPS) is 13.9. The summed E-state index contributed by atoms with van der Waals surface area (Å²) in [5.41, 5.74) is 6.87. The molecule has 4 aromatic rings. The number of amides is 1. The van der Waals surface area contributed by atoms with Crippen LogP contribution in [-0.4, -0.2) is 41.1 Å². The molecule has 1 fully saturated rings. The third-order valence-electron chi connectivity index (χ3n) is 7.89. The van der Waals surface area contributed by atoms with Crippen LogP contribution in [0.15, 0.2) is 73.1 Å². The SMILES string of the molecule is Cc1c(/C=C/C(=O)N2CCC(F)(F)C2)cccc1-c1cccc(COc2cc(OCc3cncc(C#N)c3)c(C=O)cc2Cl)c1C. The third-order valence-corrected chi connectivity index (χ3v) is 8.19. The van der Waals surface area contributed by atoms with Gasteiger partial charge in [0.25, 0.3) is 5.92 Å². The van der Waals surface area contributed by atoms with Gasteiger partial charge in [0, 0.05) is 43.1 Å². The van der Waals surface area contributed by atoms with Gasteiger partial charge in [-0.15, -0.1) is 0 Å². The highest BCUT2D eigenvalue weighted by molar-refractivity contribution is 6.32. The zero-order valence-corrected chi connectivity index (χ0v) is 26.0. The fourth-order valence-corrected chi connectivity index (χ4v) is 5.50. The molecule has 0 radical (unpaired) electrons. The summed E-state index contributed by atoms with van der Waals surface area (Å²) in [6, 6.07) is 18.4. The van der Waals surface area contributed by atoms with E-state index < -0.39 is 18.4 Å². The number of nitriles is 1. The molecule has 1 aromatic heterocycles. The van der Waals surface area contributed by atoms with Crippen LogP contribution in [0.1, 0.15) is 50.2 Å². The lowest BCUT2D eigenvalue weighted by molar-refractivity contribution is -0.126. The number of pyridine rings is 1. The van der Waals surface area contributed by atoms with E-state index in [2.05, 4.69) is 4.98 Å². The van der Waals surface area contributed by atoms with Crippen molar-refractivity contribution in [3.8, 4) is 28.7 Å². The van der Waals surface area contributed by atoms with Crippen molar-refractivity contribution in [3.05, 3.63) is 117 Å². The standard InChI is InChI=1S/C36H30ClF2N3O4/c1-23-27(9-10-35(44)42-12-11-36(38,39)22-42)5-3-7-30(23)31-8-4-6-28(24(31)2)21-46-34-15-33(29(19-43)14-32(34)37)45-20-26-13-25(16-40)17-41-18-26/h3-10,13-15,17-19H,11-12,20-22H2,1-2H3/b10-9+. The number of alkyl halides is 2. The predicted octanol–water partition coefficient (Wildman–Crippen LogP) is 7.74. The molecule has 10 heteroatoms. The number of halogens is 3. The van der Waals surface area contributed by atoms with E-state index in [9.17, 15) is 18.4 Å². The van der Waals surface area contributed by atoms with Crippen molar-refractivity contribution in [2.75, 3.05) is 13.1 Å². The Morgan fingerprint density at radius 2 is 1.76 bits per heavy atom. The van der Waals surface area contributed by atoms with Gasteiger partial charge in [-0.05, 0) is 65.4 Å². The number of rotatable bonds is 10. The van der Waals surface area contributed by atoms with E-state index in [1.54, 1.807) is 24.4 Å². The van der Waals surface area contributed by atoms with E-state index in [1.807, 2.05) is 56.3 Å². The minimum Gasteiger partial charge on any atom is -0.488 e. The van der Waals surface area contributed by atoms with Crippen molar-refractivity contribution < 1.29 is 27.8 Å². The maximum atomic E-state index is 13.6. The van der Waals surface area contributed by atoms with E-state index in [1.165, 1.54) is 23.2 Å². The highest BCUT2D eigenvalue weighted by atomic mass is 35.5. The van der Waals surface area contributed by atoms with Crippen LogP contribution < -0.4 is 9.47 Å². The number of likely N-dealkylation sites (tertiary alicyclic amines) is 1. The highest BCUT2D eigenvalue weighted by Gasteiger charge is 2.39. The number of carbonyl (C=O) groups is 2. The van der Waals surface area contributed by atoms with Crippen molar-refractivity contribution in [2.45, 2.75) is 39.4 Å². The fraction of sp³-hybridized carbons (Fsp3) is 0.222. The van der Waals surface area contributed by atoms with Crippen LogP contribution in [0, 0.1) is 25.2 Å². The van der Waals surface area contributed by atoms with Gasteiger partial charge in [0.15, 0.2) is 6.29 Å². The number of aromatic nitrogens is 1. The number of aldehydes is 1. The average Bonchev–Trinajstić information content (AvgIpc) is 3.43. The molecule has 0 atom stereocenters. The van der Waals surface area contributed by atoms with Gasteiger partial charge in [-0.25, -0.2) is 8.78 Å². The topological polar surface area (TPSA) is 92.5 Å². The second-order valence-corrected chi connectivity index (χ2v) is 11.4. The molecule has 5 rings (SSSR count). The van der Waals surface area contributed by atoms with Gasteiger partial charge in [0.05, 0.1) is 22.7 Å². The third kappa shape index (κ3) is 7.41. The van der Waals surface area contributed by atoms with Gasteiger partial charge in [-0.3, -0.25) is 14.6 Å². The first-order valence-corrected chi connectivity index (χ1v) is 14.9. The van der Waals surface area contributed by atoms with Crippen LogP contribution in [-0.2, 0) is 18.0 Å². The monoisotopic (exact) mass is 641 g/mol. The second kappa shape index (κ2) is 13.9. The van der Waals surface area contributed by atoms with E-state index >= 15 is 0 Å². The van der Waals surface area contributed by atoms with Crippen LogP contribution in [0.4, 0.5) is 8.78 Å². The van der Waals surface area contributed by atoms with Crippen LogP contribution in [0.25, 0.3) is 17.2 Å². The molecule has 0 N–H and O–H groups in total. The summed E-state index contributed by atoms with van der Waals surface area (Å²) in [4.78, 5) is 29.4.